The Morgan fingerprint density at radius 2 is 1.91 bits per heavy atom. The van der Waals surface area contributed by atoms with Crippen LogP contribution in [0.4, 0.5) is 5.69 Å². The number of nitrogens with zero attached hydrogens (tertiary/aromatic N) is 4. The summed E-state index contributed by atoms with van der Waals surface area (Å²) < 4.78 is 2.08. The molecule has 0 bridgehead atoms. The Labute approximate surface area is 199 Å². The molecule has 0 fully saturated rings. The van der Waals surface area contributed by atoms with Crippen LogP contribution in [0.25, 0.3) is 21.6 Å². The number of anilines is 1. The second kappa shape index (κ2) is 9.56. The first kappa shape index (κ1) is 21.4. The minimum Gasteiger partial charge on any atom is -0.324 e. The van der Waals surface area contributed by atoms with Gasteiger partial charge in [0.05, 0.1) is 27.9 Å². The molecule has 8 heteroatoms. The third-order valence-corrected chi connectivity index (χ3v) is 7.14. The smallest absolute Gasteiger partial charge is 0.237 e. The fourth-order valence-corrected chi connectivity index (χ4v) is 5.10. The summed E-state index contributed by atoms with van der Waals surface area (Å²) in [6.07, 6.45) is 1.75. The van der Waals surface area contributed by atoms with Crippen LogP contribution < -0.4 is 5.32 Å². The number of carbonyl (C=O) groups is 1. The summed E-state index contributed by atoms with van der Waals surface area (Å²) in [6, 6.07) is 23.8. The van der Waals surface area contributed by atoms with Crippen LogP contribution in [-0.4, -0.2) is 30.9 Å². The van der Waals surface area contributed by atoms with Gasteiger partial charge in [-0.15, -0.1) is 21.5 Å². The lowest BCUT2D eigenvalue weighted by Gasteiger charge is -2.14. The van der Waals surface area contributed by atoms with Crippen LogP contribution in [0.3, 0.4) is 0 Å². The Morgan fingerprint density at radius 1 is 1.03 bits per heavy atom. The van der Waals surface area contributed by atoms with E-state index in [2.05, 4.69) is 37.2 Å². The molecule has 6 nitrogen and oxygen atoms in total. The molecule has 33 heavy (non-hydrogen) atoms. The molecule has 3 aromatic heterocycles. The zero-order valence-corrected chi connectivity index (χ0v) is 19.5. The number of aromatic nitrogens is 4. The van der Waals surface area contributed by atoms with Crippen LogP contribution in [0.1, 0.15) is 12.5 Å². The normalized spacial score (nSPS) is 12.0. The summed E-state index contributed by atoms with van der Waals surface area (Å²) in [6.45, 7) is 2.52. The number of carbonyl (C=O) groups excluding carboxylic acids is 1. The minimum atomic E-state index is -0.369. The maximum atomic E-state index is 13.1. The van der Waals surface area contributed by atoms with Crippen molar-refractivity contribution in [1.29, 1.82) is 0 Å². The third kappa shape index (κ3) is 4.67. The van der Waals surface area contributed by atoms with Gasteiger partial charge in [0.15, 0.2) is 11.0 Å². The highest BCUT2D eigenvalue weighted by atomic mass is 32.2. The summed E-state index contributed by atoms with van der Waals surface area (Å²) in [5.74, 6) is 0.715. The molecular weight excluding hydrogens is 450 g/mol. The number of nitrogens with one attached hydrogen (secondary N) is 1. The summed E-state index contributed by atoms with van der Waals surface area (Å²) in [5, 5.41) is 15.2. The topological polar surface area (TPSA) is 72.7 Å². The fourth-order valence-electron chi connectivity index (χ4n) is 3.53. The molecule has 5 aromatic rings. The number of fused-ring (bicyclic) bond motifs is 1. The van der Waals surface area contributed by atoms with Crippen molar-refractivity contribution in [3.8, 4) is 10.7 Å². The number of benzene rings is 2. The van der Waals surface area contributed by atoms with Crippen molar-refractivity contribution >= 4 is 45.6 Å². The van der Waals surface area contributed by atoms with E-state index in [4.69, 9.17) is 0 Å². The first-order valence-electron chi connectivity index (χ1n) is 10.5. The van der Waals surface area contributed by atoms with Gasteiger partial charge in [0.2, 0.25) is 5.91 Å². The average Bonchev–Trinajstić information content (AvgIpc) is 3.50. The van der Waals surface area contributed by atoms with E-state index in [0.717, 1.165) is 32.9 Å². The summed E-state index contributed by atoms with van der Waals surface area (Å²) in [4.78, 5) is 18.5. The quantitative estimate of drug-likeness (QED) is 0.307. The Morgan fingerprint density at radius 3 is 2.73 bits per heavy atom. The van der Waals surface area contributed by atoms with Crippen LogP contribution in [-0.2, 0) is 11.3 Å². The number of rotatable bonds is 7. The van der Waals surface area contributed by atoms with Crippen molar-refractivity contribution in [1.82, 2.24) is 19.7 Å². The highest BCUT2D eigenvalue weighted by molar-refractivity contribution is 8.00. The van der Waals surface area contributed by atoms with Gasteiger partial charge in [-0.25, -0.2) is 0 Å². The minimum absolute atomic E-state index is 0.0942. The number of thioether (sulfide) groups is 1. The molecule has 1 unspecified atom stereocenters. The molecule has 1 N–H and O–H groups in total. The zero-order chi connectivity index (χ0) is 22.6. The SMILES string of the molecule is CC(Sc1nnc(-c2cccs2)n1Cc1ccccc1)C(=O)Nc1cccc2ncccc12. The maximum Gasteiger partial charge on any atom is 0.237 e. The molecule has 0 saturated carbocycles. The Balaban J connectivity index is 1.39. The second-order valence-corrected chi connectivity index (χ2v) is 9.74. The molecular formula is C25H21N5OS2. The van der Waals surface area contributed by atoms with E-state index in [1.807, 2.05) is 73.0 Å². The van der Waals surface area contributed by atoms with Gasteiger partial charge in [0, 0.05) is 11.6 Å². The van der Waals surface area contributed by atoms with E-state index in [9.17, 15) is 4.79 Å². The van der Waals surface area contributed by atoms with Gasteiger partial charge in [-0.1, -0.05) is 54.2 Å². The van der Waals surface area contributed by atoms with Crippen LogP contribution in [0.15, 0.2) is 89.5 Å². The molecule has 1 atom stereocenters. The van der Waals surface area contributed by atoms with E-state index in [-0.39, 0.29) is 11.2 Å². The zero-order valence-electron chi connectivity index (χ0n) is 17.9. The summed E-state index contributed by atoms with van der Waals surface area (Å²) in [5.41, 5.74) is 2.75. The van der Waals surface area contributed by atoms with E-state index in [1.54, 1.807) is 17.5 Å². The Kier molecular flexibility index (Phi) is 6.19. The molecule has 0 aliphatic carbocycles. The first-order valence-corrected chi connectivity index (χ1v) is 12.3. The summed E-state index contributed by atoms with van der Waals surface area (Å²) in [7, 11) is 0. The van der Waals surface area contributed by atoms with Crippen molar-refractivity contribution in [3.63, 3.8) is 0 Å². The number of pyridine rings is 1. The predicted molar refractivity (Wildman–Crippen MR) is 135 cm³/mol. The molecule has 0 spiro atoms. The van der Waals surface area contributed by atoms with Gasteiger partial charge >= 0.3 is 0 Å². The molecule has 0 radical (unpaired) electrons. The molecule has 0 aliphatic rings. The maximum absolute atomic E-state index is 13.1. The fraction of sp³-hybridized carbons (Fsp3) is 0.120. The average molecular weight is 472 g/mol. The van der Waals surface area contributed by atoms with Crippen molar-refractivity contribution in [2.75, 3.05) is 5.32 Å². The molecule has 2 aromatic carbocycles. The monoisotopic (exact) mass is 471 g/mol. The van der Waals surface area contributed by atoms with E-state index < -0.39 is 0 Å². The van der Waals surface area contributed by atoms with Crippen LogP contribution in [0, 0.1) is 0 Å². The van der Waals surface area contributed by atoms with Gasteiger partial charge < -0.3 is 5.32 Å². The first-order chi connectivity index (χ1) is 16.2. The number of hydrogen-bond donors (Lipinski definition) is 1. The van der Waals surface area contributed by atoms with E-state index in [0.29, 0.717) is 11.7 Å². The van der Waals surface area contributed by atoms with Crippen LogP contribution in [0.5, 0.6) is 0 Å². The number of hydrogen-bond acceptors (Lipinski definition) is 6. The standard InChI is InChI=1S/C25H21N5OS2/c1-17(24(31)27-21-12-5-11-20-19(21)10-6-14-26-20)33-25-29-28-23(22-13-7-15-32-22)30(25)16-18-8-3-2-4-9-18/h2-15,17H,16H2,1H3,(H,27,31). The van der Waals surface area contributed by atoms with Gasteiger partial charge in [-0.2, -0.15) is 0 Å². The van der Waals surface area contributed by atoms with E-state index >= 15 is 0 Å². The third-order valence-electron chi connectivity index (χ3n) is 5.20. The van der Waals surface area contributed by atoms with Gasteiger partial charge in [0.25, 0.3) is 0 Å². The van der Waals surface area contributed by atoms with Crippen LogP contribution in [0.2, 0.25) is 0 Å². The molecule has 0 saturated heterocycles. The van der Waals surface area contributed by atoms with Gasteiger partial charge in [-0.05, 0) is 48.2 Å². The Hall–Kier alpha value is -3.49. The largest absolute Gasteiger partial charge is 0.324 e. The second-order valence-electron chi connectivity index (χ2n) is 7.48. The lowest BCUT2D eigenvalue weighted by Crippen LogP contribution is -2.23. The predicted octanol–water partition coefficient (Wildman–Crippen LogP) is 5.72. The van der Waals surface area contributed by atoms with Crippen molar-refractivity contribution < 1.29 is 4.79 Å². The molecule has 164 valence electrons. The highest BCUT2D eigenvalue weighted by Gasteiger charge is 2.22. The number of thiophene rings is 1. The van der Waals surface area contributed by atoms with Gasteiger partial charge in [-0.3, -0.25) is 14.3 Å². The number of amides is 1. The molecule has 0 aliphatic heterocycles. The lowest BCUT2D eigenvalue weighted by atomic mass is 10.2. The van der Waals surface area contributed by atoms with E-state index in [1.165, 1.54) is 11.8 Å². The molecule has 5 rings (SSSR count). The summed E-state index contributed by atoms with van der Waals surface area (Å²) >= 11 is 3.03. The Bertz CT molecular complexity index is 1380. The molecule has 1 amide bonds. The van der Waals surface area contributed by atoms with Crippen molar-refractivity contribution in [3.05, 3.63) is 89.9 Å². The van der Waals surface area contributed by atoms with Gasteiger partial charge in [0.1, 0.15) is 0 Å². The van der Waals surface area contributed by atoms with Crippen molar-refractivity contribution in [2.45, 2.75) is 23.9 Å². The van der Waals surface area contributed by atoms with Crippen molar-refractivity contribution in [2.24, 2.45) is 0 Å². The molecule has 3 heterocycles. The van der Waals surface area contributed by atoms with Crippen LogP contribution >= 0.6 is 23.1 Å². The lowest BCUT2D eigenvalue weighted by molar-refractivity contribution is -0.115. The highest BCUT2D eigenvalue weighted by Crippen LogP contribution is 2.31.